The van der Waals surface area contributed by atoms with Gasteiger partial charge in [-0.1, -0.05) is 20.3 Å². The van der Waals surface area contributed by atoms with Crippen LogP contribution in [0.3, 0.4) is 0 Å². The van der Waals surface area contributed by atoms with E-state index in [1.807, 2.05) is 0 Å². The Labute approximate surface area is 108 Å². The Morgan fingerprint density at radius 1 is 1.00 bits per heavy atom. The Kier molecular flexibility index (Phi) is 10.6. The van der Waals surface area contributed by atoms with Crippen LogP contribution in [0.15, 0.2) is 0 Å². The van der Waals surface area contributed by atoms with Crippen molar-refractivity contribution in [1.82, 2.24) is 9.80 Å². The summed E-state index contributed by atoms with van der Waals surface area (Å²) in [6.45, 7) is 9.32. The highest BCUT2D eigenvalue weighted by Gasteiger charge is 2.11. The van der Waals surface area contributed by atoms with Crippen molar-refractivity contribution in [3.63, 3.8) is 0 Å². The molecule has 0 spiro atoms. The molecule has 0 aliphatic carbocycles. The van der Waals surface area contributed by atoms with Crippen molar-refractivity contribution in [2.75, 3.05) is 46.0 Å². The van der Waals surface area contributed by atoms with Gasteiger partial charge >= 0.3 is 0 Å². The minimum atomic E-state index is 0.766. The summed E-state index contributed by atoms with van der Waals surface area (Å²) >= 11 is 4.46. The third-order valence-corrected chi connectivity index (χ3v) is 3.39. The first-order chi connectivity index (χ1) is 7.63. The highest BCUT2D eigenvalue weighted by atomic mass is 32.1. The van der Waals surface area contributed by atoms with Gasteiger partial charge < -0.3 is 9.80 Å². The molecular weight excluding hydrogens is 216 g/mol. The average Bonchev–Trinajstić information content (AvgIpc) is 2.25. The standard InChI is InChI=1S/C13H30N2S/c1-5-7-13(12-16)11-15(8-6-2)10-9-14(3)4/h13,16H,5-12H2,1-4H3. The molecule has 0 aromatic carbocycles. The van der Waals surface area contributed by atoms with E-state index in [4.69, 9.17) is 0 Å². The molecule has 0 radical (unpaired) electrons. The molecule has 1 unspecified atom stereocenters. The fourth-order valence-corrected chi connectivity index (χ4v) is 2.26. The summed E-state index contributed by atoms with van der Waals surface area (Å²) in [5.41, 5.74) is 0. The van der Waals surface area contributed by atoms with Crippen LogP contribution in [0, 0.1) is 5.92 Å². The Morgan fingerprint density at radius 3 is 2.12 bits per heavy atom. The quantitative estimate of drug-likeness (QED) is 0.592. The Hall–Kier alpha value is 0.270. The van der Waals surface area contributed by atoms with Crippen LogP contribution < -0.4 is 0 Å². The Balaban J connectivity index is 3.97. The molecule has 98 valence electrons. The van der Waals surface area contributed by atoms with Crippen LogP contribution in [-0.4, -0.2) is 55.8 Å². The summed E-state index contributed by atoms with van der Waals surface area (Å²) in [7, 11) is 4.29. The molecule has 0 N–H and O–H groups in total. The zero-order valence-corrected chi connectivity index (χ0v) is 12.5. The van der Waals surface area contributed by atoms with E-state index in [0.29, 0.717) is 0 Å². The van der Waals surface area contributed by atoms with Crippen molar-refractivity contribution in [1.29, 1.82) is 0 Å². The lowest BCUT2D eigenvalue weighted by molar-refractivity contribution is 0.211. The number of likely N-dealkylation sites (N-methyl/N-ethyl adjacent to an activating group) is 1. The Bertz CT molecular complexity index is 151. The zero-order valence-electron chi connectivity index (χ0n) is 11.6. The van der Waals surface area contributed by atoms with Gasteiger partial charge in [-0.2, -0.15) is 12.6 Å². The zero-order chi connectivity index (χ0) is 12.4. The number of rotatable bonds is 10. The second kappa shape index (κ2) is 10.4. The first-order valence-corrected chi connectivity index (χ1v) is 7.25. The third-order valence-electron chi connectivity index (χ3n) is 2.87. The summed E-state index contributed by atoms with van der Waals surface area (Å²) in [4.78, 5) is 4.86. The number of nitrogens with zero attached hydrogens (tertiary/aromatic N) is 2. The summed E-state index contributed by atoms with van der Waals surface area (Å²) < 4.78 is 0. The fourth-order valence-electron chi connectivity index (χ4n) is 1.97. The molecule has 16 heavy (non-hydrogen) atoms. The van der Waals surface area contributed by atoms with Crippen molar-refractivity contribution in [2.24, 2.45) is 5.92 Å². The molecule has 0 fully saturated rings. The SMILES string of the molecule is CCCC(CS)CN(CCC)CCN(C)C. The molecule has 1 atom stereocenters. The molecule has 0 aliphatic rings. The van der Waals surface area contributed by atoms with Crippen molar-refractivity contribution in [3.8, 4) is 0 Å². The molecule has 0 saturated carbocycles. The molecule has 0 saturated heterocycles. The molecule has 0 bridgehead atoms. The van der Waals surface area contributed by atoms with Crippen LogP contribution in [0.2, 0.25) is 0 Å². The first-order valence-electron chi connectivity index (χ1n) is 6.61. The van der Waals surface area contributed by atoms with E-state index in [1.54, 1.807) is 0 Å². The largest absolute Gasteiger partial charge is 0.308 e. The number of hydrogen-bond donors (Lipinski definition) is 1. The van der Waals surface area contributed by atoms with Crippen molar-refractivity contribution in [3.05, 3.63) is 0 Å². The van der Waals surface area contributed by atoms with Crippen LogP contribution in [0.1, 0.15) is 33.1 Å². The molecule has 0 rings (SSSR count). The highest BCUT2D eigenvalue weighted by Crippen LogP contribution is 2.10. The van der Waals surface area contributed by atoms with Gasteiger partial charge in [0.25, 0.3) is 0 Å². The minimum absolute atomic E-state index is 0.766. The van der Waals surface area contributed by atoms with Crippen molar-refractivity contribution in [2.45, 2.75) is 33.1 Å². The van der Waals surface area contributed by atoms with Gasteiger partial charge in [-0.25, -0.2) is 0 Å². The van der Waals surface area contributed by atoms with Gasteiger partial charge in [0.15, 0.2) is 0 Å². The second-order valence-electron chi connectivity index (χ2n) is 4.94. The van der Waals surface area contributed by atoms with Crippen LogP contribution in [0.4, 0.5) is 0 Å². The van der Waals surface area contributed by atoms with Gasteiger partial charge in [-0.05, 0) is 45.2 Å². The van der Waals surface area contributed by atoms with Gasteiger partial charge in [0.1, 0.15) is 0 Å². The normalized spacial score (nSPS) is 13.7. The second-order valence-corrected chi connectivity index (χ2v) is 5.31. The van der Waals surface area contributed by atoms with Gasteiger partial charge in [0.05, 0.1) is 0 Å². The monoisotopic (exact) mass is 246 g/mol. The lowest BCUT2D eigenvalue weighted by Gasteiger charge is -2.27. The molecular formula is C13H30N2S. The van der Waals surface area contributed by atoms with E-state index in [0.717, 1.165) is 18.2 Å². The van der Waals surface area contributed by atoms with Crippen molar-refractivity contribution < 1.29 is 0 Å². The van der Waals surface area contributed by atoms with Gasteiger partial charge in [0.2, 0.25) is 0 Å². The van der Waals surface area contributed by atoms with E-state index in [-0.39, 0.29) is 0 Å². The fraction of sp³-hybridized carbons (Fsp3) is 1.00. The van der Waals surface area contributed by atoms with Crippen LogP contribution >= 0.6 is 12.6 Å². The van der Waals surface area contributed by atoms with E-state index in [1.165, 1.54) is 38.9 Å². The van der Waals surface area contributed by atoms with E-state index >= 15 is 0 Å². The highest BCUT2D eigenvalue weighted by molar-refractivity contribution is 7.80. The smallest absolute Gasteiger partial charge is 0.0109 e. The number of hydrogen-bond acceptors (Lipinski definition) is 3. The molecule has 2 nitrogen and oxygen atoms in total. The first kappa shape index (κ1) is 16.3. The third kappa shape index (κ3) is 8.43. The van der Waals surface area contributed by atoms with E-state index < -0.39 is 0 Å². The van der Waals surface area contributed by atoms with E-state index in [2.05, 4.69) is 50.4 Å². The van der Waals surface area contributed by atoms with Gasteiger partial charge in [0, 0.05) is 19.6 Å². The molecule has 3 heteroatoms. The molecule has 0 aromatic rings. The summed E-state index contributed by atoms with van der Waals surface area (Å²) in [6, 6.07) is 0. The predicted octanol–water partition coefficient (Wildman–Crippen LogP) is 2.61. The summed E-state index contributed by atoms with van der Waals surface area (Å²) in [5, 5.41) is 0. The predicted molar refractivity (Wildman–Crippen MR) is 77.5 cm³/mol. The molecule has 0 aromatic heterocycles. The van der Waals surface area contributed by atoms with Crippen LogP contribution in [-0.2, 0) is 0 Å². The topological polar surface area (TPSA) is 6.48 Å². The molecule has 0 heterocycles. The summed E-state index contributed by atoms with van der Waals surface area (Å²) in [5.74, 6) is 1.79. The maximum Gasteiger partial charge on any atom is 0.0109 e. The summed E-state index contributed by atoms with van der Waals surface area (Å²) in [6.07, 6.45) is 3.84. The van der Waals surface area contributed by atoms with Gasteiger partial charge in [-0.3, -0.25) is 0 Å². The van der Waals surface area contributed by atoms with Gasteiger partial charge in [-0.15, -0.1) is 0 Å². The average molecular weight is 246 g/mol. The van der Waals surface area contributed by atoms with E-state index in [9.17, 15) is 0 Å². The Morgan fingerprint density at radius 2 is 1.69 bits per heavy atom. The lowest BCUT2D eigenvalue weighted by atomic mass is 10.1. The van der Waals surface area contributed by atoms with Crippen LogP contribution in [0.25, 0.3) is 0 Å². The maximum absolute atomic E-state index is 4.46. The molecule has 0 aliphatic heterocycles. The number of thiol groups is 1. The maximum atomic E-state index is 4.46. The van der Waals surface area contributed by atoms with Crippen LogP contribution in [0.5, 0.6) is 0 Å². The van der Waals surface area contributed by atoms with Crippen molar-refractivity contribution >= 4 is 12.6 Å². The lowest BCUT2D eigenvalue weighted by Crippen LogP contribution is -2.36. The molecule has 0 amide bonds. The minimum Gasteiger partial charge on any atom is -0.308 e.